The fourth-order valence-electron chi connectivity index (χ4n) is 5.10. The summed E-state index contributed by atoms with van der Waals surface area (Å²) >= 11 is 5.82. The highest BCUT2D eigenvalue weighted by molar-refractivity contribution is 6.30. The summed E-state index contributed by atoms with van der Waals surface area (Å²) in [5, 5.41) is 3.39. The normalized spacial score (nSPS) is 11.3. The van der Waals surface area contributed by atoms with Crippen molar-refractivity contribution < 1.29 is 17.9 Å². The number of nitrogens with one attached hydrogen (secondary N) is 1. The summed E-state index contributed by atoms with van der Waals surface area (Å²) in [7, 11) is 1.82. The highest BCUT2D eigenvalue weighted by Gasteiger charge is 2.20. The molecule has 6 aromatic rings. The number of fused-ring (bicyclic) bond motifs is 1. The Morgan fingerprint density at radius 2 is 1.75 bits per heavy atom. The van der Waals surface area contributed by atoms with Gasteiger partial charge in [-0.25, -0.2) is 28.1 Å². The maximum absolute atomic E-state index is 15.6. The van der Waals surface area contributed by atoms with E-state index in [4.69, 9.17) is 21.3 Å². The number of imidazole rings is 2. The molecule has 0 unspecified atom stereocenters. The number of benzene rings is 3. The molecule has 0 bridgehead atoms. The van der Waals surface area contributed by atoms with E-state index >= 15 is 8.78 Å². The number of halogens is 4. The molecule has 3 aromatic heterocycles. The molecule has 0 saturated heterocycles. The van der Waals surface area contributed by atoms with Crippen LogP contribution in [0.5, 0.6) is 5.88 Å². The van der Waals surface area contributed by atoms with Crippen molar-refractivity contribution in [2.45, 2.75) is 33.0 Å². The SMILES string of the molecule is CCn1cncc1Cn1c(Cc2c(F)cc(-c3cccc(OCc4ccc(Cl)cc4F)n3)cc2F)nc2cc(NC)ccc21. The van der Waals surface area contributed by atoms with Gasteiger partial charge in [0.25, 0.3) is 0 Å². The van der Waals surface area contributed by atoms with Crippen molar-refractivity contribution in [2.24, 2.45) is 0 Å². The van der Waals surface area contributed by atoms with Crippen LogP contribution in [0.15, 0.2) is 79.3 Å². The molecule has 224 valence electrons. The zero-order valence-corrected chi connectivity index (χ0v) is 24.7. The van der Waals surface area contributed by atoms with Crippen molar-refractivity contribution in [3.63, 3.8) is 0 Å². The molecule has 3 heterocycles. The molecule has 0 spiro atoms. The Balaban J connectivity index is 1.29. The molecule has 0 fully saturated rings. The summed E-state index contributed by atoms with van der Waals surface area (Å²) in [6.45, 7) is 3.12. The molecule has 0 aliphatic carbocycles. The number of nitrogens with zero attached hydrogens (tertiary/aromatic N) is 5. The van der Waals surface area contributed by atoms with E-state index in [0.29, 0.717) is 29.1 Å². The zero-order chi connectivity index (χ0) is 30.8. The smallest absolute Gasteiger partial charge is 0.214 e. The molecular weight excluding hydrogens is 589 g/mol. The number of ether oxygens (including phenoxy) is 1. The van der Waals surface area contributed by atoms with E-state index in [1.165, 1.54) is 24.3 Å². The summed E-state index contributed by atoms with van der Waals surface area (Å²) in [6, 6.07) is 17.5. The molecule has 1 N–H and O–H groups in total. The minimum absolute atomic E-state index is 0.0645. The molecule has 11 heteroatoms. The predicted molar refractivity (Wildman–Crippen MR) is 164 cm³/mol. The van der Waals surface area contributed by atoms with E-state index in [-0.39, 0.29) is 35.1 Å². The van der Waals surface area contributed by atoms with Gasteiger partial charge in [-0.3, -0.25) is 0 Å². The largest absolute Gasteiger partial charge is 0.473 e. The van der Waals surface area contributed by atoms with Crippen LogP contribution >= 0.6 is 11.6 Å². The summed E-state index contributed by atoms with van der Waals surface area (Å²) in [4.78, 5) is 13.4. The first-order valence-corrected chi connectivity index (χ1v) is 14.4. The Hall–Kier alpha value is -4.83. The van der Waals surface area contributed by atoms with Crippen molar-refractivity contribution >= 4 is 28.3 Å². The summed E-state index contributed by atoms with van der Waals surface area (Å²) < 4.78 is 55.0. The third-order valence-electron chi connectivity index (χ3n) is 7.46. The quantitative estimate of drug-likeness (QED) is 0.171. The molecule has 3 aromatic carbocycles. The first-order chi connectivity index (χ1) is 21.3. The van der Waals surface area contributed by atoms with Gasteiger partial charge in [0.05, 0.1) is 35.3 Å². The lowest BCUT2D eigenvalue weighted by Crippen LogP contribution is -2.11. The number of rotatable bonds is 10. The summed E-state index contributed by atoms with van der Waals surface area (Å²) in [5.74, 6) is -1.23. The Labute approximate surface area is 256 Å². The fraction of sp³-hybridized carbons (Fsp3) is 0.182. The first kappa shape index (κ1) is 29.3. The molecule has 0 saturated carbocycles. The van der Waals surface area contributed by atoms with Gasteiger partial charge in [-0.1, -0.05) is 23.7 Å². The Morgan fingerprint density at radius 1 is 0.932 bits per heavy atom. The van der Waals surface area contributed by atoms with Crippen molar-refractivity contribution in [1.82, 2.24) is 24.1 Å². The van der Waals surface area contributed by atoms with Crippen molar-refractivity contribution in [3.05, 3.63) is 124 Å². The molecule has 0 atom stereocenters. The third kappa shape index (κ3) is 5.98. The Morgan fingerprint density at radius 3 is 2.50 bits per heavy atom. The first-order valence-electron chi connectivity index (χ1n) is 14.0. The Kier molecular flexibility index (Phi) is 8.25. The molecule has 6 rings (SSSR count). The monoisotopic (exact) mass is 616 g/mol. The summed E-state index contributed by atoms with van der Waals surface area (Å²) in [6.07, 6.45) is 3.48. The third-order valence-corrected chi connectivity index (χ3v) is 7.70. The van der Waals surface area contributed by atoms with E-state index in [1.807, 2.05) is 41.3 Å². The van der Waals surface area contributed by atoms with Crippen molar-refractivity contribution in [3.8, 4) is 17.1 Å². The Bertz CT molecular complexity index is 1950. The van der Waals surface area contributed by atoms with Gasteiger partial charge in [0, 0.05) is 59.7 Å². The number of hydrogen-bond acceptors (Lipinski definition) is 5. The van der Waals surface area contributed by atoms with Crippen molar-refractivity contribution in [2.75, 3.05) is 12.4 Å². The predicted octanol–water partition coefficient (Wildman–Crippen LogP) is 7.65. The molecule has 0 aliphatic heterocycles. The van der Waals surface area contributed by atoms with E-state index in [1.54, 1.807) is 36.8 Å². The van der Waals surface area contributed by atoms with Gasteiger partial charge in [-0.2, -0.15) is 0 Å². The van der Waals surface area contributed by atoms with Gasteiger partial charge in [-0.15, -0.1) is 0 Å². The molecule has 0 amide bonds. The number of aromatic nitrogens is 5. The van der Waals surface area contributed by atoms with Crippen LogP contribution in [0.4, 0.5) is 18.9 Å². The van der Waals surface area contributed by atoms with Crippen molar-refractivity contribution in [1.29, 1.82) is 0 Å². The van der Waals surface area contributed by atoms with Gasteiger partial charge in [0.2, 0.25) is 5.88 Å². The second-order valence-corrected chi connectivity index (χ2v) is 10.7. The van der Waals surface area contributed by atoms with Crippen LogP contribution < -0.4 is 10.1 Å². The van der Waals surface area contributed by atoms with Crippen LogP contribution in [0, 0.1) is 17.5 Å². The van der Waals surface area contributed by atoms with Gasteiger partial charge in [0.15, 0.2) is 0 Å². The van der Waals surface area contributed by atoms with Gasteiger partial charge in [-0.05, 0) is 55.5 Å². The molecule has 44 heavy (non-hydrogen) atoms. The molecular formula is C33H28ClF3N6O. The molecule has 0 radical (unpaired) electrons. The van der Waals surface area contributed by atoms with Crippen LogP contribution in [-0.2, 0) is 26.1 Å². The van der Waals surface area contributed by atoms with E-state index in [9.17, 15) is 4.39 Å². The second kappa shape index (κ2) is 12.4. The minimum atomic E-state index is -0.718. The van der Waals surface area contributed by atoms with E-state index in [0.717, 1.165) is 23.4 Å². The van der Waals surface area contributed by atoms with Gasteiger partial charge >= 0.3 is 0 Å². The minimum Gasteiger partial charge on any atom is -0.473 e. The maximum atomic E-state index is 15.6. The standard InChI is InChI=1S/C33H28ClF3N6O/c1-3-42-19-39-16-24(42)17-43-31-10-9-23(38-2)14-30(31)40-32(43)15-25-27(36)11-21(12-28(25)37)29-5-4-6-33(41-29)44-18-20-7-8-22(34)13-26(20)35/h4-14,16,19,38H,3,15,17-18H2,1-2H3. The lowest BCUT2D eigenvalue weighted by atomic mass is 10.0. The van der Waals surface area contributed by atoms with E-state index < -0.39 is 17.5 Å². The maximum Gasteiger partial charge on any atom is 0.214 e. The topological polar surface area (TPSA) is 69.8 Å². The molecule has 0 aliphatic rings. The van der Waals surface area contributed by atoms with Crippen LogP contribution in [0.3, 0.4) is 0 Å². The number of anilines is 1. The van der Waals surface area contributed by atoms with Crippen LogP contribution in [-0.4, -0.2) is 31.1 Å². The zero-order valence-electron chi connectivity index (χ0n) is 24.0. The van der Waals surface area contributed by atoms with E-state index in [2.05, 4.69) is 15.3 Å². The highest BCUT2D eigenvalue weighted by atomic mass is 35.5. The van der Waals surface area contributed by atoms with Gasteiger partial charge < -0.3 is 19.2 Å². The number of pyridine rings is 1. The average molecular weight is 617 g/mol. The fourth-order valence-corrected chi connectivity index (χ4v) is 5.26. The number of aryl methyl sites for hydroxylation is 1. The van der Waals surface area contributed by atoms with Gasteiger partial charge in [0.1, 0.15) is 29.9 Å². The summed E-state index contributed by atoms with van der Waals surface area (Å²) in [5.41, 5.74) is 4.14. The lowest BCUT2D eigenvalue weighted by Gasteiger charge is -2.13. The highest BCUT2D eigenvalue weighted by Crippen LogP contribution is 2.29. The molecule has 7 nitrogen and oxygen atoms in total. The lowest BCUT2D eigenvalue weighted by molar-refractivity contribution is 0.288. The second-order valence-electron chi connectivity index (χ2n) is 10.2. The number of hydrogen-bond donors (Lipinski definition) is 1. The van der Waals surface area contributed by atoms with Crippen LogP contribution in [0.1, 0.15) is 29.6 Å². The van der Waals surface area contributed by atoms with Crippen LogP contribution in [0.25, 0.3) is 22.3 Å². The average Bonchev–Trinajstić information content (AvgIpc) is 3.62. The van der Waals surface area contributed by atoms with Crippen LogP contribution in [0.2, 0.25) is 5.02 Å².